The highest BCUT2D eigenvalue weighted by molar-refractivity contribution is 5.02. The van der Waals surface area contributed by atoms with Crippen LogP contribution in [-0.2, 0) is 6.54 Å². The molecule has 1 aromatic rings. The quantitative estimate of drug-likeness (QED) is 0.778. The highest BCUT2D eigenvalue weighted by Crippen LogP contribution is 2.30. The summed E-state index contributed by atoms with van der Waals surface area (Å²) >= 11 is 0. The van der Waals surface area contributed by atoms with E-state index >= 15 is 0 Å². The lowest BCUT2D eigenvalue weighted by Gasteiger charge is -2.23. The van der Waals surface area contributed by atoms with Crippen molar-refractivity contribution in [3.63, 3.8) is 0 Å². The number of aromatic nitrogens is 2. The normalized spacial score (nSPS) is 19.1. The van der Waals surface area contributed by atoms with Crippen LogP contribution >= 0.6 is 0 Å². The van der Waals surface area contributed by atoms with Gasteiger partial charge in [0.15, 0.2) is 0 Å². The van der Waals surface area contributed by atoms with Crippen molar-refractivity contribution in [2.45, 2.75) is 33.7 Å². The second-order valence-electron chi connectivity index (χ2n) is 5.56. The highest BCUT2D eigenvalue weighted by Gasteiger charge is 2.29. The average Bonchev–Trinajstić information content (AvgIpc) is 2.72. The van der Waals surface area contributed by atoms with Gasteiger partial charge in [-0.25, -0.2) is 0 Å². The predicted molar refractivity (Wildman–Crippen MR) is 66.1 cm³/mol. The lowest BCUT2D eigenvalue weighted by Crippen LogP contribution is -2.24. The first kappa shape index (κ1) is 11.2. The van der Waals surface area contributed by atoms with Crippen LogP contribution in [0.3, 0.4) is 0 Å². The summed E-state index contributed by atoms with van der Waals surface area (Å²) in [5, 5.41) is 4.39. The van der Waals surface area contributed by atoms with Crippen LogP contribution in [0.1, 0.15) is 26.0 Å². The van der Waals surface area contributed by atoms with Gasteiger partial charge in [0.1, 0.15) is 0 Å². The molecule has 3 nitrogen and oxygen atoms in total. The van der Waals surface area contributed by atoms with Gasteiger partial charge in [-0.05, 0) is 24.8 Å². The van der Waals surface area contributed by atoms with E-state index in [2.05, 4.69) is 30.4 Å². The smallest absolute Gasteiger partial charge is 0.0801 e. The molecule has 0 spiro atoms. The largest absolute Gasteiger partial charge is 0.373 e. The summed E-state index contributed by atoms with van der Waals surface area (Å²) in [6.07, 6.45) is 3.27. The molecule has 1 saturated heterocycles. The van der Waals surface area contributed by atoms with Crippen LogP contribution in [0.5, 0.6) is 0 Å². The van der Waals surface area contributed by atoms with Crippen LogP contribution in [0, 0.1) is 12.3 Å². The molecule has 2 heterocycles. The van der Waals surface area contributed by atoms with Crippen LogP contribution in [-0.4, -0.2) is 27.8 Å². The van der Waals surface area contributed by atoms with Crippen molar-refractivity contribution in [3.05, 3.63) is 30.2 Å². The third-order valence-electron chi connectivity index (χ3n) is 3.24. The Balaban J connectivity index is 1.94. The zero-order valence-corrected chi connectivity index (χ0v) is 10.5. The summed E-state index contributed by atoms with van der Waals surface area (Å²) in [7, 11) is 0. The van der Waals surface area contributed by atoms with Crippen LogP contribution in [0.15, 0.2) is 24.5 Å². The highest BCUT2D eigenvalue weighted by atomic mass is 15.3. The molecule has 0 radical (unpaired) electrons. The molecular formula is C13H21N3. The minimum Gasteiger partial charge on any atom is -0.373 e. The van der Waals surface area contributed by atoms with Gasteiger partial charge in [-0.2, -0.15) is 5.10 Å². The van der Waals surface area contributed by atoms with Crippen LogP contribution in [0.25, 0.3) is 0 Å². The number of hydrogen-bond acceptors (Lipinski definition) is 2. The summed E-state index contributed by atoms with van der Waals surface area (Å²) in [6, 6.07) is 2.03. The zero-order chi connectivity index (χ0) is 11.8. The van der Waals surface area contributed by atoms with Gasteiger partial charge in [-0.1, -0.05) is 20.4 Å². The van der Waals surface area contributed by atoms with E-state index in [4.69, 9.17) is 0 Å². The van der Waals surface area contributed by atoms with Crippen molar-refractivity contribution in [2.75, 3.05) is 13.1 Å². The van der Waals surface area contributed by atoms with Gasteiger partial charge in [0.05, 0.1) is 12.2 Å². The van der Waals surface area contributed by atoms with Gasteiger partial charge in [0.2, 0.25) is 0 Å². The molecule has 0 unspecified atom stereocenters. The molecule has 16 heavy (non-hydrogen) atoms. The third-order valence-corrected chi connectivity index (χ3v) is 3.24. The Kier molecular flexibility index (Phi) is 2.78. The van der Waals surface area contributed by atoms with E-state index in [0.717, 1.165) is 25.3 Å². The fourth-order valence-corrected chi connectivity index (χ4v) is 2.22. The second-order valence-corrected chi connectivity index (χ2v) is 5.56. The van der Waals surface area contributed by atoms with Crippen molar-refractivity contribution in [3.8, 4) is 0 Å². The molecule has 0 N–H and O–H groups in total. The SMILES string of the molecule is C=C(Cn1ccc(C)n1)N1CCC(C)(C)C1. The Labute approximate surface area is 97.8 Å². The maximum Gasteiger partial charge on any atom is 0.0801 e. The van der Waals surface area contributed by atoms with Crippen molar-refractivity contribution in [1.29, 1.82) is 0 Å². The number of likely N-dealkylation sites (tertiary alicyclic amines) is 1. The van der Waals surface area contributed by atoms with Crippen molar-refractivity contribution in [1.82, 2.24) is 14.7 Å². The fraction of sp³-hybridized carbons (Fsp3) is 0.615. The van der Waals surface area contributed by atoms with Gasteiger partial charge < -0.3 is 4.90 Å². The molecule has 0 amide bonds. The van der Waals surface area contributed by atoms with Gasteiger partial charge >= 0.3 is 0 Å². The minimum absolute atomic E-state index is 0.434. The lowest BCUT2D eigenvalue weighted by molar-refractivity contribution is 0.329. The first-order valence-corrected chi connectivity index (χ1v) is 5.89. The summed E-state index contributed by atoms with van der Waals surface area (Å²) in [4.78, 5) is 2.39. The Morgan fingerprint density at radius 2 is 2.31 bits per heavy atom. The van der Waals surface area contributed by atoms with E-state index in [9.17, 15) is 0 Å². The fourth-order valence-electron chi connectivity index (χ4n) is 2.22. The second kappa shape index (κ2) is 3.96. The summed E-state index contributed by atoms with van der Waals surface area (Å²) in [5.74, 6) is 0. The Hall–Kier alpha value is -1.25. The summed E-state index contributed by atoms with van der Waals surface area (Å²) < 4.78 is 1.96. The summed E-state index contributed by atoms with van der Waals surface area (Å²) in [6.45, 7) is 13.9. The maximum absolute atomic E-state index is 4.39. The number of nitrogens with zero attached hydrogens (tertiary/aromatic N) is 3. The van der Waals surface area contributed by atoms with Crippen molar-refractivity contribution < 1.29 is 0 Å². The van der Waals surface area contributed by atoms with E-state index in [0.29, 0.717) is 5.41 Å². The molecular weight excluding hydrogens is 198 g/mol. The molecule has 1 aliphatic rings. The first-order chi connectivity index (χ1) is 7.46. The molecule has 0 bridgehead atoms. The predicted octanol–water partition coefficient (Wildman–Crippen LogP) is 2.44. The van der Waals surface area contributed by atoms with Crippen LogP contribution in [0.2, 0.25) is 0 Å². The van der Waals surface area contributed by atoms with E-state index in [1.807, 2.05) is 23.9 Å². The van der Waals surface area contributed by atoms with Gasteiger partial charge in [-0.3, -0.25) is 4.68 Å². The van der Waals surface area contributed by atoms with E-state index in [-0.39, 0.29) is 0 Å². The van der Waals surface area contributed by atoms with E-state index in [1.165, 1.54) is 12.1 Å². The first-order valence-electron chi connectivity index (χ1n) is 5.89. The molecule has 2 rings (SSSR count). The molecule has 0 saturated carbocycles. The molecule has 0 aromatic carbocycles. The Bertz CT molecular complexity index is 390. The zero-order valence-electron chi connectivity index (χ0n) is 10.5. The summed E-state index contributed by atoms with van der Waals surface area (Å²) in [5.41, 5.74) is 2.67. The standard InChI is InChI=1S/C13H21N3/c1-11-5-7-16(14-11)9-12(2)15-8-6-13(3,4)10-15/h5,7H,2,6,8-10H2,1,3-4H3. The third kappa shape index (κ3) is 2.46. The Morgan fingerprint density at radius 3 is 2.81 bits per heavy atom. The number of hydrogen-bond donors (Lipinski definition) is 0. The molecule has 0 aliphatic carbocycles. The van der Waals surface area contributed by atoms with Crippen LogP contribution in [0.4, 0.5) is 0 Å². The van der Waals surface area contributed by atoms with Gasteiger partial charge in [0, 0.05) is 25.0 Å². The number of rotatable bonds is 3. The van der Waals surface area contributed by atoms with Crippen LogP contribution < -0.4 is 0 Å². The topological polar surface area (TPSA) is 21.1 Å². The van der Waals surface area contributed by atoms with Crippen molar-refractivity contribution >= 4 is 0 Å². The minimum atomic E-state index is 0.434. The maximum atomic E-state index is 4.39. The average molecular weight is 219 g/mol. The number of aryl methyl sites for hydroxylation is 1. The monoisotopic (exact) mass is 219 g/mol. The molecule has 88 valence electrons. The Morgan fingerprint density at radius 1 is 1.56 bits per heavy atom. The van der Waals surface area contributed by atoms with E-state index < -0.39 is 0 Å². The molecule has 1 fully saturated rings. The molecule has 3 heteroatoms. The molecule has 1 aliphatic heterocycles. The lowest BCUT2D eigenvalue weighted by atomic mass is 9.93. The van der Waals surface area contributed by atoms with E-state index in [1.54, 1.807) is 0 Å². The molecule has 1 aromatic heterocycles. The van der Waals surface area contributed by atoms with Crippen molar-refractivity contribution in [2.24, 2.45) is 5.41 Å². The van der Waals surface area contributed by atoms with Gasteiger partial charge in [0.25, 0.3) is 0 Å². The molecule has 0 atom stereocenters. The number of allylic oxidation sites excluding steroid dienone is 1. The van der Waals surface area contributed by atoms with Gasteiger partial charge in [-0.15, -0.1) is 0 Å².